The third-order valence-electron chi connectivity index (χ3n) is 2.01. The SMILES string of the molecule is N[C@@H]1COc2c(F)cc(F)cc2C1. The van der Waals surface area contributed by atoms with E-state index in [1.165, 1.54) is 6.07 Å². The van der Waals surface area contributed by atoms with E-state index in [1.54, 1.807) is 0 Å². The van der Waals surface area contributed by atoms with Crippen LogP contribution in [0.25, 0.3) is 0 Å². The molecule has 0 saturated heterocycles. The van der Waals surface area contributed by atoms with Crippen molar-refractivity contribution < 1.29 is 13.5 Å². The van der Waals surface area contributed by atoms with Crippen LogP contribution < -0.4 is 10.5 Å². The summed E-state index contributed by atoms with van der Waals surface area (Å²) in [5, 5.41) is 0. The standard InChI is InChI=1S/C9H9F2NO/c10-6-1-5-2-7(12)4-13-9(5)8(11)3-6/h1,3,7H,2,4,12H2/t7-/m0/s1. The fourth-order valence-corrected chi connectivity index (χ4v) is 1.46. The van der Waals surface area contributed by atoms with Gasteiger partial charge in [0.15, 0.2) is 11.6 Å². The Labute approximate surface area is 74.3 Å². The quantitative estimate of drug-likeness (QED) is 0.659. The Hall–Kier alpha value is -1.16. The first-order chi connectivity index (χ1) is 6.16. The predicted molar refractivity (Wildman–Crippen MR) is 43.5 cm³/mol. The molecular weight excluding hydrogens is 176 g/mol. The highest BCUT2D eigenvalue weighted by atomic mass is 19.1. The van der Waals surface area contributed by atoms with Crippen LogP contribution in [-0.2, 0) is 6.42 Å². The molecule has 1 aromatic carbocycles. The van der Waals surface area contributed by atoms with Crippen molar-refractivity contribution in [1.82, 2.24) is 0 Å². The number of benzene rings is 1. The summed E-state index contributed by atoms with van der Waals surface area (Å²) in [4.78, 5) is 0. The van der Waals surface area contributed by atoms with Crippen molar-refractivity contribution in [2.45, 2.75) is 12.5 Å². The minimum absolute atomic E-state index is 0.142. The van der Waals surface area contributed by atoms with E-state index in [2.05, 4.69) is 0 Å². The first-order valence-electron chi connectivity index (χ1n) is 4.03. The molecule has 0 spiro atoms. The summed E-state index contributed by atoms with van der Waals surface area (Å²) in [7, 11) is 0. The van der Waals surface area contributed by atoms with Crippen molar-refractivity contribution >= 4 is 0 Å². The summed E-state index contributed by atoms with van der Waals surface area (Å²) in [6.45, 7) is 0.287. The first-order valence-corrected chi connectivity index (χ1v) is 4.03. The molecule has 70 valence electrons. The van der Waals surface area contributed by atoms with Gasteiger partial charge in [-0.05, 0) is 12.5 Å². The Kier molecular flexibility index (Phi) is 1.92. The molecular formula is C9H9F2NO. The van der Waals surface area contributed by atoms with Gasteiger partial charge in [-0.1, -0.05) is 0 Å². The molecule has 0 unspecified atom stereocenters. The minimum atomic E-state index is -0.651. The average molecular weight is 185 g/mol. The minimum Gasteiger partial charge on any atom is -0.489 e. The Morgan fingerprint density at radius 2 is 2.15 bits per heavy atom. The van der Waals surface area contributed by atoms with Crippen LogP contribution in [-0.4, -0.2) is 12.6 Å². The molecule has 0 saturated carbocycles. The predicted octanol–water partition coefficient (Wildman–Crippen LogP) is 1.23. The highest BCUT2D eigenvalue weighted by molar-refractivity contribution is 5.37. The van der Waals surface area contributed by atoms with Gasteiger partial charge in [-0.2, -0.15) is 0 Å². The highest BCUT2D eigenvalue weighted by Gasteiger charge is 2.20. The second-order valence-corrected chi connectivity index (χ2v) is 3.15. The second-order valence-electron chi connectivity index (χ2n) is 3.15. The van der Waals surface area contributed by atoms with E-state index in [0.29, 0.717) is 12.0 Å². The van der Waals surface area contributed by atoms with Gasteiger partial charge in [-0.3, -0.25) is 0 Å². The topological polar surface area (TPSA) is 35.2 Å². The summed E-state index contributed by atoms with van der Waals surface area (Å²) in [5.74, 6) is -1.10. The fraction of sp³-hybridized carbons (Fsp3) is 0.333. The third kappa shape index (κ3) is 1.49. The number of hydrogen-bond acceptors (Lipinski definition) is 2. The molecule has 0 amide bonds. The Morgan fingerprint density at radius 3 is 2.92 bits per heavy atom. The third-order valence-corrected chi connectivity index (χ3v) is 2.01. The van der Waals surface area contributed by atoms with Gasteiger partial charge in [-0.15, -0.1) is 0 Å². The Balaban J connectivity index is 2.47. The van der Waals surface area contributed by atoms with Crippen LogP contribution in [0.3, 0.4) is 0 Å². The van der Waals surface area contributed by atoms with Gasteiger partial charge in [0, 0.05) is 17.7 Å². The van der Waals surface area contributed by atoms with Crippen LogP contribution in [0.2, 0.25) is 0 Å². The maximum atomic E-state index is 13.1. The van der Waals surface area contributed by atoms with Crippen molar-refractivity contribution in [1.29, 1.82) is 0 Å². The Morgan fingerprint density at radius 1 is 1.38 bits per heavy atom. The largest absolute Gasteiger partial charge is 0.489 e. The van der Waals surface area contributed by atoms with Gasteiger partial charge >= 0.3 is 0 Å². The van der Waals surface area contributed by atoms with Gasteiger partial charge in [0.1, 0.15) is 12.4 Å². The van der Waals surface area contributed by atoms with Crippen molar-refractivity contribution in [2.24, 2.45) is 5.73 Å². The zero-order valence-corrected chi connectivity index (χ0v) is 6.89. The summed E-state index contributed by atoms with van der Waals surface area (Å²) in [6, 6.07) is 1.90. The molecule has 4 heteroatoms. The smallest absolute Gasteiger partial charge is 0.168 e. The van der Waals surface area contributed by atoms with Crippen molar-refractivity contribution in [3.63, 3.8) is 0 Å². The average Bonchev–Trinajstić information content (AvgIpc) is 2.02. The molecule has 0 aromatic heterocycles. The maximum absolute atomic E-state index is 13.1. The number of hydrogen-bond donors (Lipinski definition) is 1. The molecule has 0 radical (unpaired) electrons. The monoisotopic (exact) mass is 185 g/mol. The molecule has 0 fully saturated rings. The summed E-state index contributed by atoms with van der Waals surface area (Å²) in [5.41, 5.74) is 6.09. The van der Waals surface area contributed by atoms with Crippen molar-refractivity contribution in [3.8, 4) is 5.75 Å². The van der Waals surface area contributed by atoms with E-state index >= 15 is 0 Å². The molecule has 1 aliphatic heterocycles. The summed E-state index contributed by atoms with van der Waals surface area (Å²) >= 11 is 0. The van der Waals surface area contributed by atoms with E-state index in [-0.39, 0.29) is 18.4 Å². The first kappa shape index (κ1) is 8.44. The van der Waals surface area contributed by atoms with Gasteiger partial charge in [0.25, 0.3) is 0 Å². The van der Waals surface area contributed by atoms with E-state index in [9.17, 15) is 8.78 Å². The lowest BCUT2D eigenvalue weighted by Crippen LogP contribution is -2.34. The highest BCUT2D eigenvalue weighted by Crippen LogP contribution is 2.28. The normalized spacial score (nSPS) is 20.7. The van der Waals surface area contributed by atoms with Crippen LogP contribution >= 0.6 is 0 Å². The number of fused-ring (bicyclic) bond motifs is 1. The van der Waals surface area contributed by atoms with Crippen LogP contribution in [0.4, 0.5) is 8.78 Å². The molecule has 13 heavy (non-hydrogen) atoms. The second kappa shape index (κ2) is 2.96. The lowest BCUT2D eigenvalue weighted by Gasteiger charge is -2.22. The molecule has 1 aliphatic rings. The number of rotatable bonds is 0. The van der Waals surface area contributed by atoms with Crippen molar-refractivity contribution in [2.75, 3.05) is 6.61 Å². The van der Waals surface area contributed by atoms with Crippen LogP contribution in [0.1, 0.15) is 5.56 Å². The van der Waals surface area contributed by atoms with Gasteiger partial charge in [-0.25, -0.2) is 8.78 Å². The molecule has 1 aromatic rings. The Bertz CT molecular complexity index is 341. The van der Waals surface area contributed by atoms with Crippen molar-refractivity contribution in [3.05, 3.63) is 29.3 Å². The lowest BCUT2D eigenvalue weighted by molar-refractivity contribution is 0.249. The fourth-order valence-electron chi connectivity index (χ4n) is 1.46. The maximum Gasteiger partial charge on any atom is 0.168 e. The van der Waals surface area contributed by atoms with E-state index in [1.807, 2.05) is 0 Å². The van der Waals surface area contributed by atoms with E-state index in [0.717, 1.165) is 6.07 Å². The summed E-state index contributed by atoms with van der Waals surface area (Å²) < 4.78 is 30.9. The molecule has 0 bridgehead atoms. The van der Waals surface area contributed by atoms with Crippen LogP contribution in [0.5, 0.6) is 5.75 Å². The lowest BCUT2D eigenvalue weighted by atomic mass is 10.0. The van der Waals surface area contributed by atoms with Gasteiger partial charge in [0.05, 0.1) is 0 Å². The molecule has 2 nitrogen and oxygen atoms in total. The van der Waals surface area contributed by atoms with Crippen LogP contribution in [0, 0.1) is 11.6 Å². The van der Waals surface area contributed by atoms with Gasteiger partial charge < -0.3 is 10.5 Å². The zero-order valence-electron chi connectivity index (χ0n) is 6.89. The van der Waals surface area contributed by atoms with Gasteiger partial charge in [0.2, 0.25) is 0 Å². The van der Waals surface area contributed by atoms with E-state index < -0.39 is 11.6 Å². The van der Waals surface area contributed by atoms with Crippen LogP contribution in [0.15, 0.2) is 12.1 Å². The number of halogens is 2. The molecule has 1 atom stereocenters. The van der Waals surface area contributed by atoms with E-state index in [4.69, 9.17) is 10.5 Å². The summed E-state index contributed by atoms with van der Waals surface area (Å²) in [6.07, 6.45) is 0.462. The zero-order chi connectivity index (χ0) is 9.42. The number of nitrogens with two attached hydrogens (primary N) is 1. The number of ether oxygens (including phenoxy) is 1. The molecule has 2 rings (SSSR count). The molecule has 1 heterocycles. The molecule has 2 N–H and O–H groups in total. The molecule has 0 aliphatic carbocycles.